The largest absolute Gasteiger partial charge is 0.491 e. The van der Waals surface area contributed by atoms with Crippen molar-refractivity contribution in [2.75, 3.05) is 32.8 Å². The van der Waals surface area contributed by atoms with Gasteiger partial charge in [0.15, 0.2) is 0 Å². The Hall–Kier alpha value is -0.740. The molecule has 0 saturated heterocycles. The maximum Gasteiger partial charge on any atom is 0.138 e. The highest BCUT2D eigenvalue weighted by Crippen LogP contribution is 2.27. The number of nitrogens with zero attached hydrogens (tertiary/aromatic N) is 1. The van der Waals surface area contributed by atoms with Crippen LogP contribution in [-0.2, 0) is 0 Å². The first-order valence-electron chi connectivity index (χ1n) is 5.69. The summed E-state index contributed by atoms with van der Waals surface area (Å²) >= 11 is 11.8. The summed E-state index contributed by atoms with van der Waals surface area (Å²) in [6.45, 7) is 6.31. The molecule has 3 nitrogen and oxygen atoms in total. The minimum Gasteiger partial charge on any atom is -0.491 e. The van der Waals surface area contributed by atoms with Gasteiger partial charge in [-0.1, -0.05) is 29.3 Å². The molecule has 0 bridgehead atoms. The Kier molecular flexibility index (Phi) is 7.13. The van der Waals surface area contributed by atoms with E-state index in [0.29, 0.717) is 35.5 Å². The van der Waals surface area contributed by atoms with E-state index in [0.717, 1.165) is 6.54 Å². The zero-order valence-corrected chi connectivity index (χ0v) is 11.6. The molecule has 0 heterocycles. The number of hydrogen-bond acceptors (Lipinski definition) is 3. The zero-order chi connectivity index (χ0) is 13.4. The zero-order valence-electron chi connectivity index (χ0n) is 10.1. The summed E-state index contributed by atoms with van der Waals surface area (Å²) in [4.78, 5) is 2.04. The summed E-state index contributed by atoms with van der Waals surface area (Å²) < 4.78 is 5.57. The molecule has 1 rings (SSSR count). The number of aliphatic hydroxyl groups is 1. The second kappa shape index (κ2) is 8.38. The van der Waals surface area contributed by atoms with Gasteiger partial charge in [0.1, 0.15) is 12.4 Å². The second-order valence-corrected chi connectivity index (χ2v) is 4.58. The summed E-state index contributed by atoms with van der Waals surface area (Å²) in [5.41, 5.74) is 0. The topological polar surface area (TPSA) is 32.7 Å². The molecule has 0 aliphatic rings. The Morgan fingerprint density at radius 3 is 2.72 bits per heavy atom. The SMILES string of the molecule is C=CCN(CCO)CCOc1ccc(Cl)cc1Cl. The third-order valence-corrected chi connectivity index (χ3v) is 2.89. The van der Waals surface area contributed by atoms with Crippen molar-refractivity contribution in [1.29, 1.82) is 0 Å². The lowest BCUT2D eigenvalue weighted by Gasteiger charge is -2.19. The molecule has 1 aromatic carbocycles. The quantitative estimate of drug-likeness (QED) is 0.747. The highest BCUT2D eigenvalue weighted by molar-refractivity contribution is 6.35. The highest BCUT2D eigenvalue weighted by Gasteiger charge is 2.05. The molecule has 0 amide bonds. The molecule has 100 valence electrons. The van der Waals surface area contributed by atoms with Gasteiger partial charge in [-0.05, 0) is 18.2 Å². The molecule has 0 aliphatic heterocycles. The van der Waals surface area contributed by atoms with Crippen molar-refractivity contribution < 1.29 is 9.84 Å². The van der Waals surface area contributed by atoms with Crippen LogP contribution in [0.1, 0.15) is 0 Å². The molecular formula is C13H17Cl2NO2. The van der Waals surface area contributed by atoms with E-state index in [1.165, 1.54) is 0 Å². The van der Waals surface area contributed by atoms with Crippen LogP contribution in [0.3, 0.4) is 0 Å². The van der Waals surface area contributed by atoms with Crippen LogP contribution in [0.5, 0.6) is 5.75 Å². The standard InChI is InChI=1S/C13H17Cl2NO2/c1-2-5-16(6-8-17)7-9-18-13-4-3-11(14)10-12(13)15/h2-4,10,17H,1,5-9H2. The van der Waals surface area contributed by atoms with Crippen LogP contribution in [0, 0.1) is 0 Å². The van der Waals surface area contributed by atoms with Gasteiger partial charge >= 0.3 is 0 Å². The molecular weight excluding hydrogens is 273 g/mol. The van der Waals surface area contributed by atoms with E-state index in [2.05, 4.69) is 6.58 Å². The first-order valence-corrected chi connectivity index (χ1v) is 6.45. The maximum atomic E-state index is 8.90. The van der Waals surface area contributed by atoms with Gasteiger partial charge in [-0.3, -0.25) is 4.90 Å². The van der Waals surface area contributed by atoms with Crippen LogP contribution in [0.2, 0.25) is 10.0 Å². The van der Waals surface area contributed by atoms with Crippen molar-refractivity contribution in [3.05, 3.63) is 40.9 Å². The normalized spacial score (nSPS) is 10.7. The van der Waals surface area contributed by atoms with Crippen LogP contribution in [0.15, 0.2) is 30.9 Å². The van der Waals surface area contributed by atoms with Gasteiger partial charge in [0, 0.05) is 24.7 Å². The molecule has 1 aromatic rings. The molecule has 5 heteroatoms. The third kappa shape index (κ3) is 5.27. The van der Waals surface area contributed by atoms with Gasteiger partial charge in [0.05, 0.1) is 11.6 Å². The number of aliphatic hydroxyl groups excluding tert-OH is 1. The fourth-order valence-corrected chi connectivity index (χ4v) is 1.96. The van der Waals surface area contributed by atoms with Crippen LogP contribution < -0.4 is 4.74 Å². The summed E-state index contributed by atoms with van der Waals surface area (Å²) in [5, 5.41) is 9.99. The summed E-state index contributed by atoms with van der Waals surface area (Å²) in [7, 11) is 0. The van der Waals surface area contributed by atoms with Gasteiger partial charge < -0.3 is 9.84 Å². The summed E-state index contributed by atoms with van der Waals surface area (Å²) in [5.74, 6) is 0.614. The Morgan fingerprint density at radius 1 is 1.33 bits per heavy atom. The van der Waals surface area contributed by atoms with E-state index in [1.807, 2.05) is 4.90 Å². The van der Waals surface area contributed by atoms with E-state index >= 15 is 0 Å². The van der Waals surface area contributed by atoms with Crippen molar-refractivity contribution in [3.8, 4) is 5.75 Å². The van der Waals surface area contributed by atoms with Crippen molar-refractivity contribution in [2.45, 2.75) is 0 Å². The van der Waals surface area contributed by atoms with Gasteiger partial charge in [0.25, 0.3) is 0 Å². The lowest BCUT2D eigenvalue weighted by Crippen LogP contribution is -2.31. The molecule has 1 N–H and O–H groups in total. The van der Waals surface area contributed by atoms with E-state index in [4.69, 9.17) is 33.0 Å². The predicted molar refractivity (Wildman–Crippen MR) is 75.7 cm³/mol. The molecule has 0 atom stereocenters. The molecule has 0 aromatic heterocycles. The first kappa shape index (κ1) is 15.3. The number of rotatable bonds is 8. The molecule has 0 fully saturated rings. The first-order chi connectivity index (χ1) is 8.67. The van der Waals surface area contributed by atoms with E-state index in [-0.39, 0.29) is 6.61 Å². The average molecular weight is 290 g/mol. The van der Waals surface area contributed by atoms with Crippen molar-refractivity contribution >= 4 is 23.2 Å². The van der Waals surface area contributed by atoms with Crippen LogP contribution in [-0.4, -0.2) is 42.9 Å². The van der Waals surface area contributed by atoms with Gasteiger partial charge in [-0.25, -0.2) is 0 Å². The highest BCUT2D eigenvalue weighted by atomic mass is 35.5. The monoisotopic (exact) mass is 289 g/mol. The molecule has 0 radical (unpaired) electrons. The smallest absolute Gasteiger partial charge is 0.138 e. The molecule has 0 unspecified atom stereocenters. The third-order valence-electron chi connectivity index (χ3n) is 2.36. The molecule has 18 heavy (non-hydrogen) atoms. The number of hydrogen-bond donors (Lipinski definition) is 1. The van der Waals surface area contributed by atoms with Gasteiger partial charge in [0.2, 0.25) is 0 Å². The lowest BCUT2D eigenvalue weighted by atomic mass is 10.3. The maximum absolute atomic E-state index is 8.90. The Bertz CT molecular complexity index is 385. The Balaban J connectivity index is 2.41. The van der Waals surface area contributed by atoms with Gasteiger partial charge in [-0.15, -0.1) is 6.58 Å². The van der Waals surface area contributed by atoms with Crippen molar-refractivity contribution in [1.82, 2.24) is 4.90 Å². The lowest BCUT2D eigenvalue weighted by molar-refractivity contribution is 0.180. The van der Waals surface area contributed by atoms with Crippen molar-refractivity contribution in [2.24, 2.45) is 0 Å². The minimum absolute atomic E-state index is 0.121. The summed E-state index contributed by atoms with van der Waals surface area (Å²) in [6, 6.07) is 5.13. The molecule has 0 aliphatic carbocycles. The summed E-state index contributed by atoms with van der Waals surface area (Å²) in [6.07, 6.45) is 1.80. The van der Waals surface area contributed by atoms with E-state index in [1.54, 1.807) is 24.3 Å². The Labute approximate surface area is 118 Å². The second-order valence-electron chi connectivity index (χ2n) is 3.74. The fourth-order valence-electron chi connectivity index (χ4n) is 1.50. The predicted octanol–water partition coefficient (Wildman–Crippen LogP) is 2.85. The molecule has 0 spiro atoms. The van der Waals surface area contributed by atoms with Gasteiger partial charge in [-0.2, -0.15) is 0 Å². The minimum atomic E-state index is 0.121. The Morgan fingerprint density at radius 2 is 2.11 bits per heavy atom. The van der Waals surface area contributed by atoms with Crippen LogP contribution in [0.4, 0.5) is 0 Å². The number of halogens is 2. The van der Waals surface area contributed by atoms with E-state index in [9.17, 15) is 0 Å². The van der Waals surface area contributed by atoms with Crippen molar-refractivity contribution in [3.63, 3.8) is 0 Å². The van der Waals surface area contributed by atoms with E-state index < -0.39 is 0 Å². The number of ether oxygens (including phenoxy) is 1. The van der Waals surface area contributed by atoms with Crippen LogP contribution >= 0.6 is 23.2 Å². The number of benzene rings is 1. The average Bonchev–Trinajstić information content (AvgIpc) is 2.32. The van der Waals surface area contributed by atoms with Crippen LogP contribution in [0.25, 0.3) is 0 Å². The molecule has 0 saturated carbocycles. The fraction of sp³-hybridized carbons (Fsp3) is 0.385.